The fourth-order valence-electron chi connectivity index (χ4n) is 0.733. The predicted octanol–water partition coefficient (Wildman–Crippen LogP) is 2.39. The van der Waals surface area contributed by atoms with Gasteiger partial charge in [-0.2, -0.15) is 4.39 Å². The quantitative estimate of drug-likeness (QED) is 0.654. The van der Waals surface area contributed by atoms with Crippen molar-refractivity contribution in [1.82, 2.24) is 9.97 Å². The average Bonchev–Trinajstić information content (AvgIpc) is 1.94. The predicted molar refractivity (Wildman–Crippen MR) is 41.1 cm³/mol. The summed E-state index contributed by atoms with van der Waals surface area (Å²) in [5.41, 5.74) is 0.317. The largest absolute Gasteiger partial charge is 0.234 e. The molecule has 0 N–H and O–H groups in total. The summed E-state index contributed by atoms with van der Waals surface area (Å²) in [6, 6.07) is 0. The van der Waals surface area contributed by atoms with E-state index in [1.165, 1.54) is 6.20 Å². The van der Waals surface area contributed by atoms with Crippen LogP contribution >= 0.6 is 11.6 Å². The molecule has 0 aliphatic heterocycles. The van der Waals surface area contributed by atoms with Crippen molar-refractivity contribution in [1.29, 1.82) is 0 Å². The van der Waals surface area contributed by atoms with E-state index in [0.29, 0.717) is 5.69 Å². The van der Waals surface area contributed by atoms with Crippen molar-refractivity contribution in [2.24, 2.45) is 0 Å². The standard InChI is InChI=1S/C7H8ClFN2/c1-4(2)6-7(9)10-3-5(8)11-6/h3-4H,1-2H3. The van der Waals surface area contributed by atoms with Crippen molar-refractivity contribution < 1.29 is 4.39 Å². The van der Waals surface area contributed by atoms with Gasteiger partial charge in [-0.05, 0) is 0 Å². The van der Waals surface area contributed by atoms with Gasteiger partial charge in [-0.3, -0.25) is 0 Å². The van der Waals surface area contributed by atoms with Gasteiger partial charge in [0.05, 0.1) is 11.9 Å². The van der Waals surface area contributed by atoms with Crippen LogP contribution < -0.4 is 0 Å². The highest BCUT2D eigenvalue weighted by atomic mass is 35.5. The first-order valence-corrected chi connectivity index (χ1v) is 3.67. The fraction of sp³-hybridized carbons (Fsp3) is 0.429. The molecule has 1 aromatic heterocycles. The molecule has 0 aliphatic carbocycles. The first-order valence-electron chi connectivity index (χ1n) is 3.29. The third-order valence-electron chi connectivity index (χ3n) is 1.27. The monoisotopic (exact) mass is 174 g/mol. The van der Waals surface area contributed by atoms with Gasteiger partial charge in [-0.25, -0.2) is 9.97 Å². The molecule has 0 aromatic carbocycles. The van der Waals surface area contributed by atoms with E-state index in [9.17, 15) is 4.39 Å². The van der Waals surface area contributed by atoms with Crippen LogP contribution in [0.2, 0.25) is 5.15 Å². The minimum atomic E-state index is -0.538. The number of rotatable bonds is 1. The molecule has 0 unspecified atom stereocenters. The molecule has 60 valence electrons. The maximum Gasteiger partial charge on any atom is 0.234 e. The van der Waals surface area contributed by atoms with E-state index in [0.717, 1.165) is 0 Å². The summed E-state index contributed by atoms with van der Waals surface area (Å²) < 4.78 is 12.8. The Bertz CT molecular complexity index is 263. The normalized spacial score (nSPS) is 10.6. The van der Waals surface area contributed by atoms with Crippen LogP contribution in [0.3, 0.4) is 0 Å². The SMILES string of the molecule is CC(C)c1nc(Cl)cnc1F. The zero-order valence-electron chi connectivity index (χ0n) is 6.31. The third kappa shape index (κ3) is 1.87. The minimum absolute atomic E-state index is 0.0150. The van der Waals surface area contributed by atoms with E-state index < -0.39 is 5.95 Å². The van der Waals surface area contributed by atoms with Crippen LogP contribution in [-0.2, 0) is 0 Å². The van der Waals surface area contributed by atoms with Crippen LogP contribution in [0.25, 0.3) is 0 Å². The van der Waals surface area contributed by atoms with Crippen LogP contribution in [0.5, 0.6) is 0 Å². The van der Waals surface area contributed by atoms with Crippen molar-refractivity contribution >= 4 is 11.6 Å². The maximum absolute atomic E-state index is 12.8. The second-order valence-electron chi connectivity index (χ2n) is 2.52. The maximum atomic E-state index is 12.8. The summed E-state index contributed by atoms with van der Waals surface area (Å²) >= 11 is 5.52. The summed E-state index contributed by atoms with van der Waals surface area (Å²) in [5.74, 6) is -0.523. The highest BCUT2D eigenvalue weighted by Crippen LogP contribution is 2.15. The lowest BCUT2D eigenvalue weighted by molar-refractivity contribution is 0.543. The number of nitrogens with zero attached hydrogens (tertiary/aromatic N) is 2. The molecule has 0 radical (unpaired) electrons. The van der Waals surface area contributed by atoms with Gasteiger partial charge >= 0.3 is 0 Å². The van der Waals surface area contributed by atoms with E-state index in [1.54, 1.807) is 0 Å². The van der Waals surface area contributed by atoms with Crippen LogP contribution in [0.4, 0.5) is 4.39 Å². The molecule has 0 saturated heterocycles. The molecule has 4 heteroatoms. The number of hydrogen-bond acceptors (Lipinski definition) is 2. The van der Waals surface area contributed by atoms with Gasteiger partial charge in [0.2, 0.25) is 5.95 Å². The average molecular weight is 175 g/mol. The number of aromatic nitrogens is 2. The van der Waals surface area contributed by atoms with E-state index in [1.807, 2.05) is 13.8 Å². The molecule has 0 bridgehead atoms. The molecular weight excluding hydrogens is 167 g/mol. The van der Waals surface area contributed by atoms with Gasteiger partial charge in [0.25, 0.3) is 0 Å². The Kier molecular flexibility index (Phi) is 2.39. The lowest BCUT2D eigenvalue weighted by atomic mass is 10.1. The van der Waals surface area contributed by atoms with Gasteiger partial charge in [0.1, 0.15) is 5.15 Å². The van der Waals surface area contributed by atoms with E-state index in [2.05, 4.69) is 9.97 Å². The van der Waals surface area contributed by atoms with E-state index in [-0.39, 0.29) is 11.1 Å². The highest BCUT2D eigenvalue weighted by molar-refractivity contribution is 6.29. The molecule has 1 heterocycles. The zero-order valence-corrected chi connectivity index (χ0v) is 7.06. The van der Waals surface area contributed by atoms with E-state index in [4.69, 9.17) is 11.6 Å². The molecule has 2 nitrogen and oxygen atoms in total. The summed E-state index contributed by atoms with van der Waals surface area (Å²) in [4.78, 5) is 7.24. The van der Waals surface area contributed by atoms with Crippen molar-refractivity contribution in [3.8, 4) is 0 Å². The summed E-state index contributed by atoms with van der Waals surface area (Å²) in [7, 11) is 0. The molecule has 0 amide bonds. The summed E-state index contributed by atoms with van der Waals surface area (Å²) in [6.45, 7) is 3.67. The lowest BCUT2D eigenvalue weighted by Crippen LogP contribution is -1.99. The molecule has 11 heavy (non-hydrogen) atoms. The van der Waals surface area contributed by atoms with Crippen molar-refractivity contribution in [3.63, 3.8) is 0 Å². The first-order chi connectivity index (χ1) is 5.11. The smallest absolute Gasteiger partial charge is 0.234 e. The van der Waals surface area contributed by atoms with E-state index >= 15 is 0 Å². The number of halogens is 2. The second-order valence-corrected chi connectivity index (χ2v) is 2.91. The molecule has 0 spiro atoms. The molecular formula is C7H8ClFN2. The van der Waals surface area contributed by atoms with Gasteiger partial charge in [0, 0.05) is 5.92 Å². The molecule has 1 rings (SSSR count). The minimum Gasteiger partial charge on any atom is -0.234 e. The van der Waals surface area contributed by atoms with Gasteiger partial charge < -0.3 is 0 Å². The molecule has 0 aliphatic rings. The Labute approximate surface area is 69.4 Å². The Balaban J connectivity index is 3.13. The van der Waals surface area contributed by atoms with Gasteiger partial charge in [-0.1, -0.05) is 25.4 Å². The Morgan fingerprint density at radius 1 is 1.55 bits per heavy atom. The van der Waals surface area contributed by atoms with Crippen LogP contribution in [-0.4, -0.2) is 9.97 Å². The Morgan fingerprint density at radius 2 is 2.18 bits per heavy atom. The molecule has 1 aromatic rings. The second kappa shape index (κ2) is 3.13. The lowest BCUT2D eigenvalue weighted by Gasteiger charge is -2.03. The topological polar surface area (TPSA) is 25.8 Å². The van der Waals surface area contributed by atoms with Crippen molar-refractivity contribution in [3.05, 3.63) is 23.0 Å². The molecule has 0 fully saturated rings. The first kappa shape index (κ1) is 8.40. The van der Waals surface area contributed by atoms with Crippen molar-refractivity contribution in [2.75, 3.05) is 0 Å². The fourth-order valence-corrected chi connectivity index (χ4v) is 0.873. The zero-order chi connectivity index (χ0) is 8.43. The van der Waals surface area contributed by atoms with Crippen LogP contribution in [0, 0.1) is 5.95 Å². The molecule has 0 saturated carbocycles. The third-order valence-corrected chi connectivity index (χ3v) is 1.45. The summed E-state index contributed by atoms with van der Waals surface area (Å²) in [5, 5.41) is 0.232. The van der Waals surface area contributed by atoms with Gasteiger partial charge in [0.15, 0.2) is 0 Å². The van der Waals surface area contributed by atoms with Crippen LogP contribution in [0.1, 0.15) is 25.5 Å². The van der Waals surface area contributed by atoms with Gasteiger partial charge in [-0.15, -0.1) is 0 Å². The number of hydrogen-bond donors (Lipinski definition) is 0. The Hall–Kier alpha value is -0.700. The Morgan fingerprint density at radius 3 is 2.64 bits per heavy atom. The highest BCUT2D eigenvalue weighted by Gasteiger charge is 2.09. The summed E-state index contributed by atoms with van der Waals surface area (Å²) in [6.07, 6.45) is 1.20. The van der Waals surface area contributed by atoms with Crippen LogP contribution in [0.15, 0.2) is 6.20 Å². The van der Waals surface area contributed by atoms with Crippen molar-refractivity contribution in [2.45, 2.75) is 19.8 Å². The molecule has 0 atom stereocenters.